The van der Waals surface area contributed by atoms with Crippen molar-refractivity contribution < 1.29 is 19.1 Å². The van der Waals surface area contributed by atoms with E-state index in [-0.39, 0.29) is 25.0 Å². The molecule has 1 aliphatic heterocycles. The number of aryl methyl sites for hydroxylation is 1. The van der Waals surface area contributed by atoms with E-state index in [1.807, 2.05) is 37.4 Å². The lowest BCUT2D eigenvalue weighted by Gasteiger charge is -2.29. The minimum atomic E-state index is -0.422. The van der Waals surface area contributed by atoms with Crippen molar-refractivity contribution in [2.45, 2.75) is 33.6 Å². The van der Waals surface area contributed by atoms with E-state index in [9.17, 15) is 9.59 Å². The van der Waals surface area contributed by atoms with Gasteiger partial charge in [0.1, 0.15) is 12.3 Å². The van der Waals surface area contributed by atoms with E-state index in [0.29, 0.717) is 18.0 Å². The van der Waals surface area contributed by atoms with Crippen LogP contribution in [0.1, 0.15) is 32.2 Å². The molecule has 0 aliphatic carbocycles. The number of ether oxygens (including phenoxy) is 2. The van der Waals surface area contributed by atoms with Crippen molar-refractivity contribution in [1.82, 2.24) is 4.98 Å². The van der Waals surface area contributed by atoms with Crippen LogP contribution in [0.15, 0.2) is 23.6 Å². The number of thiazole rings is 1. The first-order valence-corrected chi connectivity index (χ1v) is 10.0. The zero-order valence-corrected chi connectivity index (χ0v) is 16.7. The van der Waals surface area contributed by atoms with Crippen molar-refractivity contribution in [3.63, 3.8) is 0 Å². The van der Waals surface area contributed by atoms with Crippen LogP contribution in [0.25, 0.3) is 11.3 Å². The van der Waals surface area contributed by atoms with Gasteiger partial charge in [0, 0.05) is 10.9 Å². The Labute approximate surface area is 163 Å². The molecule has 3 rings (SSSR count). The Kier molecular flexibility index (Phi) is 6.11. The van der Waals surface area contributed by atoms with Crippen LogP contribution in [0, 0.1) is 5.92 Å². The van der Waals surface area contributed by atoms with Crippen molar-refractivity contribution in [2.75, 3.05) is 24.7 Å². The van der Waals surface area contributed by atoms with Crippen LogP contribution in [-0.4, -0.2) is 36.6 Å². The second-order valence-electron chi connectivity index (χ2n) is 6.90. The van der Waals surface area contributed by atoms with Crippen molar-refractivity contribution in [3.05, 3.63) is 28.6 Å². The fraction of sp³-hybridized carbons (Fsp3) is 0.450. The van der Waals surface area contributed by atoms with E-state index in [1.54, 1.807) is 11.3 Å². The normalized spacial score (nSPS) is 13.5. The third-order valence-electron chi connectivity index (χ3n) is 4.08. The molecule has 1 aliphatic rings. The molecule has 0 saturated carbocycles. The van der Waals surface area contributed by atoms with E-state index in [1.165, 1.54) is 4.90 Å². The summed E-state index contributed by atoms with van der Waals surface area (Å²) >= 11 is 1.63. The summed E-state index contributed by atoms with van der Waals surface area (Å²) in [4.78, 5) is 30.6. The quantitative estimate of drug-likeness (QED) is 0.677. The Balaban J connectivity index is 1.84. The maximum Gasteiger partial charge on any atom is 0.326 e. The van der Waals surface area contributed by atoms with Gasteiger partial charge in [-0.2, -0.15) is 0 Å². The molecule has 0 fully saturated rings. The predicted molar refractivity (Wildman–Crippen MR) is 105 cm³/mol. The van der Waals surface area contributed by atoms with Crippen LogP contribution < -0.4 is 9.64 Å². The zero-order valence-electron chi connectivity index (χ0n) is 15.9. The molecule has 2 heterocycles. The fourth-order valence-electron chi connectivity index (χ4n) is 2.74. The lowest BCUT2D eigenvalue weighted by molar-refractivity contribution is -0.144. The number of hydrogen-bond acceptors (Lipinski definition) is 6. The number of rotatable bonds is 7. The lowest BCUT2D eigenvalue weighted by Crippen LogP contribution is -2.42. The molecule has 7 heteroatoms. The maximum absolute atomic E-state index is 12.3. The Hall–Kier alpha value is -2.41. The van der Waals surface area contributed by atoms with Gasteiger partial charge < -0.3 is 9.47 Å². The highest BCUT2D eigenvalue weighted by Crippen LogP contribution is 2.36. The van der Waals surface area contributed by atoms with Crippen molar-refractivity contribution in [1.29, 1.82) is 0 Å². The molecule has 0 unspecified atom stereocenters. The summed E-state index contributed by atoms with van der Waals surface area (Å²) in [5, 5.41) is 3.10. The number of amides is 1. The minimum Gasteiger partial charge on any atom is -0.482 e. The van der Waals surface area contributed by atoms with E-state index in [0.717, 1.165) is 29.1 Å². The Morgan fingerprint density at radius 2 is 2.22 bits per heavy atom. The predicted octanol–water partition coefficient (Wildman–Crippen LogP) is 3.69. The van der Waals surface area contributed by atoms with Crippen LogP contribution >= 0.6 is 11.3 Å². The molecule has 0 spiro atoms. The van der Waals surface area contributed by atoms with Crippen LogP contribution in [0.4, 0.5) is 5.69 Å². The largest absolute Gasteiger partial charge is 0.482 e. The third-order valence-corrected chi connectivity index (χ3v) is 4.99. The van der Waals surface area contributed by atoms with Crippen LogP contribution in [0.5, 0.6) is 5.75 Å². The average molecular weight is 388 g/mol. The molecular formula is C20H24N2O4S. The molecule has 144 valence electrons. The summed E-state index contributed by atoms with van der Waals surface area (Å²) < 4.78 is 10.7. The summed E-state index contributed by atoms with van der Waals surface area (Å²) in [6.45, 7) is 6.19. The number of nitrogens with zero attached hydrogens (tertiary/aromatic N) is 2. The summed E-state index contributed by atoms with van der Waals surface area (Å²) in [5.74, 6) is 0.148. The molecule has 6 nitrogen and oxygen atoms in total. The molecule has 2 aromatic rings. The van der Waals surface area contributed by atoms with Gasteiger partial charge in [-0.05, 0) is 37.0 Å². The van der Waals surface area contributed by atoms with Gasteiger partial charge in [-0.3, -0.25) is 14.5 Å². The first kappa shape index (κ1) is 19.4. The first-order chi connectivity index (χ1) is 13.0. The second-order valence-corrected chi connectivity index (χ2v) is 7.85. The van der Waals surface area contributed by atoms with E-state index >= 15 is 0 Å². The molecule has 1 aromatic carbocycles. The summed E-state index contributed by atoms with van der Waals surface area (Å²) in [5.41, 5.74) is 2.34. The van der Waals surface area contributed by atoms with Crippen molar-refractivity contribution in [3.8, 4) is 17.0 Å². The van der Waals surface area contributed by atoms with Crippen LogP contribution in [-0.2, 0) is 20.7 Å². The number of hydrogen-bond donors (Lipinski definition) is 0. The van der Waals surface area contributed by atoms with E-state index in [4.69, 9.17) is 9.47 Å². The summed E-state index contributed by atoms with van der Waals surface area (Å²) in [7, 11) is 0. The zero-order chi connectivity index (χ0) is 19.4. The molecule has 0 saturated heterocycles. The van der Waals surface area contributed by atoms with Gasteiger partial charge in [0.25, 0.3) is 5.91 Å². The maximum atomic E-state index is 12.3. The van der Waals surface area contributed by atoms with Gasteiger partial charge in [-0.1, -0.05) is 20.8 Å². The highest BCUT2D eigenvalue weighted by molar-refractivity contribution is 7.09. The monoisotopic (exact) mass is 388 g/mol. The van der Waals surface area contributed by atoms with Gasteiger partial charge in [0.2, 0.25) is 0 Å². The Bertz CT molecular complexity index is 831. The van der Waals surface area contributed by atoms with Crippen LogP contribution in [0.3, 0.4) is 0 Å². The van der Waals surface area contributed by atoms with Crippen LogP contribution in [0.2, 0.25) is 0 Å². The number of carbonyl (C=O) groups is 2. The number of anilines is 1. The topological polar surface area (TPSA) is 68.7 Å². The highest BCUT2D eigenvalue weighted by Gasteiger charge is 2.28. The third kappa shape index (κ3) is 4.66. The van der Waals surface area contributed by atoms with E-state index < -0.39 is 5.97 Å². The average Bonchev–Trinajstić information content (AvgIpc) is 3.11. The first-order valence-electron chi connectivity index (χ1n) is 9.15. The molecule has 0 N–H and O–H groups in total. The van der Waals surface area contributed by atoms with Gasteiger partial charge in [-0.15, -0.1) is 11.3 Å². The molecule has 1 aromatic heterocycles. The number of esters is 1. The molecule has 1 amide bonds. The lowest BCUT2D eigenvalue weighted by atomic mass is 10.1. The number of fused-ring (bicyclic) bond motifs is 1. The smallest absolute Gasteiger partial charge is 0.326 e. The number of aromatic nitrogens is 1. The Morgan fingerprint density at radius 3 is 2.96 bits per heavy atom. The van der Waals surface area contributed by atoms with Gasteiger partial charge >= 0.3 is 5.97 Å². The Morgan fingerprint density at radius 1 is 1.41 bits per heavy atom. The van der Waals surface area contributed by atoms with Gasteiger partial charge in [0.15, 0.2) is 6.61 Å². The molecule has 27 heavy (non-hydrogen) atoms. The van der Waals surface area contributed by atoms with E-state index in [2.05, 4.69) is 11.9 Å². The number of carbonyl (C=O) groups excluding carboxylic acids is 2. The molecular weight excluding hydrogens is 364 g/mol. The number of benzene rings is 1. The van der Waals surface area contributed by atoms with Gasteiger partial charge in [-0.25, -0.2) is 4.98 Å². The van der Waals surface area contributed by atoms with Crippen molar-refractivity contribution in [2.24, 2.45) is 5.92 Å². The molecule has 0 atom stereocenters. The highest BCUT2D eigenvalue weighted by atomic mass is 32.1. The second kappa shape index (κ2) is 8.52. The van der Waals surface area contributed by atoms with Crippen molar-refractivity contribution >= 4 is 28.9 Å². The molecule has 0 bridgehead atoms. The standard InChI is InChI=1S/C20H24N2O4S/c1-4-5-18-21-15(12-27-18)14-6-7-17-16(8-14)22(19(23)11-25-17)9-20(24)26-10-13(2)3/h6-8,12-13H,4-5,9-11H2,1-3H3. The molecule has 0 radical (unpaired) electrons. The van der Waals surface area contributed by atoms with Gasteiger partial charge in [0.05, 0.1) is 23.0 Å². The fourth-order valence-corrected chi connectivity index (χ4v) is 3.65. The SMILES string of the molecule is CCCc1nc(-c2ccc3c(c2)N(CC(=O)OCC(C)C)C(=O)CO3)cs1. The summed E-state index contributed by atoms with van der Waals surface area (Å²) in [6.07, 6.45) is 2.00. The minimum absolute atomic E-state index is 0.0822. The summed E-state index contributed by atoms with van der Waals surface area (Å²) in [6, 6.07) is 5.60.